The van der Waals surface area contributed by atoms with Crippen molar-refractivity contribution in [2.75, 3.05) is 18.0 Å². The highest BCUT2D eigenvalue weighted by molar-refractivity contribution is 7.15. The number of rotatable bonds is 4. The molecule has 2 aromatic heterocycles. The topological polar surface area (TPSA) is 55.1 Å². The molecule has 0 radical (unpaired) electrons. The summed E-state index contributed by atoms with van der Waals surface area (Å²) in [5, 5.41) is 10.6. The molecule has 1 aliphatic heterocycles. The molecule has 1 aliphatic rings. The summed E-state index contributed by atoms with van der Waals surface area (Å²) in [6.45, 7) is 1.79. The normalized spacial score (nSPS) is 17.3. The van der Waals surface area contributed by atoms with Crippen molar-refractivity contribution in [3.05, 3.63) is 70.8 Å². The lowest BCUT2D eigenvalue weighted by Crippen LogP contribution is -2.34. The Morgan fingerprint density at radius 1 is 1.11 bits per heavy atom. The molecule has 0 bridgehead atoms. The second-order valence-electron chi connectivity index (χ2n) is 7.09. The zero-order chi connectivity index (χ0) is 18.9. The first kappa shape index (κ1) is 17.3. The Kier molecular flexibility index (Phi) is 4.52. The molecule has 4 aromatic rings. The lowest BCUT2D eigenvalue weighted by Gasteiger charge is -2.30. The predicted molar refractivity (Wildman–Crippen MR) is 107 cm³/mol. The third kappa shape index (κ3) is 3.49. The predicted octanol–water partition coefficient (Wildman–Crippen LogP) is 4.79. The van der Waals surface area contributed by atoms with E-state index in [-0.39, 0.29) is 11.7 Å². The molecule has 28 heavy (non-hydrogen) atoms. The number of oxazole rings is 1. The summed E-state index contributed by atoms with van der Waals surface area (Å²) in [4.78, 5) is 6.95. The molecule has 5 nitrogen and oxygen atoms in total. The molecule has 0 N–H and O–H groups in total. The van der Waals surface area contributed by atoms with Crippen LogP contribution in [-0.2, 0) is 6.42 Å². The first-order chi connectivity index (χ1) is 13.7. The molecular formula is C21H19FN4OS. The fourth-order valence-electron chi connectivity index (χ4n) is 3.64. The molecule has 1 atom stereocenters. The Bertz CT molecular complexity index is 1060. The van der Waals surface area contributed by atoms with Gasteiger partial charge in [0.15, 0.2) is 11.5 Å². The van der Waals surface area contributed by atoms with Gasteiger partial charge in [0, 0.05) is 19.5 Å². The van der Waals surface area contributed by atoms with E-state index in [9.17, 15) is 4.39 Å². The summed E-state index contributed by atoms with van der Waals surface area (Å²) in [5.41, 5.74) is 2.78. The van der Waals surface area contributed by atoms with Gasteiger partial charge in [0.25, 0.3) is 0 Å². The maximum atomic E-state index is 13.1. The van der Waals surface area contributed by atoms with E-state index in [1.54, 1.807) is 23.5 Å². The molecular weight excluding hydrogens is 375 g/mol. The van der Waals surface area contributed by atoms with E-state index >= 15 is 0 Å². The van der Waals surface area contributed by atoms with E-state index in [0.717, 1.165) is 58.6 Å². The monoisotopic (exact) mass is 394 g/mol. The van der Waals surface area contributed by atoms with Gasteiger partial charge >= 0.3 is 0 Å². The molecule has 1 saturated heterocycles. The quantitative estimate of drug-likeness (QED) is 0.498. The van der Waals surface area contributed by atoms with Crippen molar-refractivity contribution in [2.24, 2.45) is 0 Å². The Balaban J connectivity index is 1.31. The van der Waals surface area contributed by atoms with Crippen LogP contribution in [0.15, 0.2) is 52.9 Å². The van der Waals surface area contributed by atoms with Crippen LogP contribution in [0.4, 0.5) is 9.52 Å². The summed E-state index contributed by atoms with van der Waals surface area (Å²) in [6.07, 6.45) is 2.79. The maximum absolute atomic E-state index is 13.1. The van der Waals surface area contributed by atoms with Gasteiger partial charge in [-0.2, -0.15) is 0 Å². The minimum atomic E-state index is -0.222. The van der Waals surface area contributed by atoms with Gasteiger partial charge in [0.2, 0.25) is 5.13 Å². The molecule has 1 fully saturated rings. The minimum Gasteiger partial charge on any atom is -0.440 e. The first-order valence-electron chi connectivity index (χ1n) is 9.42. The van der Waals surface area contributed by atoms with Crippen LogP contribution in [0.5, 0.6) is 0 Å². The molecule has 0 spiro atoms. The largest absolute Gasteiger partial charge is 0.440 e. The molecule has 1 unspecified atom stereocenters. The average Bonchev–Trinajstić information content (AvgIpc) is 3.37. The summed E-state index contributed by atoms with van der Waals surface area (Å²) in [6, 6.07) is 14.4. The van der Waals surface area contributed by atoms with Gasteiger partial charge in [-0.25, -0.2) is 9.37 Å². The lowest BCUT2D eigenvalue weighted by atomic mass is 9.98. The van der Waals surface area contributed by atoms with Gasteiger partial charge in [-0.15, -0.1) is 10.2 Å². The van der Waals surface area contributed by atoms with Gasteiger partial charge < -0.3 is 9.32 Å². The third-order valence-electron chi connectivity index (χ3n) is 5.08. The number of hydrogen-bond donors (Lipinski definition) is 0. The number of hydrogen-bond acceptors (Lipinski definition) is 6. The summed E-state index contributed by atoms with van der Waals surface area (Å²) < 4.78 is 19.1. The van der Waals surface area contributed by atoms with Crippen molar-refractivity contribution in [1.29, 1.82) is 0 Å². The van der Waals surface area contributed by atoms with E-state index in [1.165, 1.54) is 12.1 Å². The number of nitrogens with zero attached hydrogens (tertiary/aromatic N) is 4. The average molecular weight is 394 g/mol. The Morgan fingerprint density at radius 2 is 1.96 bits per heavy atom. The number of piperidine rings is 1. The number of aromatic nitrogens is 3. The van der Waals surface area contributed by atoms with Crippen molar-refractivity contribution in [3.63, 3.8) is 0 Å². The van der Waals surface area contributed by atoms with Crippen molar-refractivity contribution >= 4 is 27.6 Å². The first-order valence-corrected chi connectivity index (χ1v) is 10.2. The van der Waals surface area contributed by atoms with Crippen LogP contribution < -0.4 is 4.90 Å². The minimum absolute atomic E-state index is 0.222. The van der Waals surface area contributed by atoms with Crippen LogP contribution >= 0.6 is 11.3 Å². The van der Waals surface area contributed by atoms with Crippen molar-refractivity contribution in [3.8, 4) is 0 Å². The van der Waals surface area contributed by atoms with E-state index in [4.69, 9.17) is 4.42 Å². The molecule has 3 heterocycles. The highest BCUT2D eigenvalue weighted by atomic mass is 32.1. The fourth-order valence-corrected chi connectivity index (χ4v) is 4.55. The number of benzene rings is 2. The van der Waals surface area contributed by atoms with Crippen LogP contribution in [0.25, 0.3) is 11.1 Å². The van der Waals surface area contributed by atoms with Gasteiger partial charge in [0.05, 0.1) is 5.92 Å². The molecule has 7 heteroatoms. The van der Waals surface area contributed by atoms with Crippen LogP contribution in [-0.4, -0.2) is 28.3 Å². The van der Waals surface area contributed by atoms with Gasteiger partial charge in [-0.1, -0.05) is 35.6 Å². The van der Waals surface area contributed by atoms with E-state index < -0.39 is 0 Å². The van der Waals surface area contributed by atoms with Crippen LogP contribution in [0.1, 0.15) is 35.2 Å². The van der Waals surface area contributed by atoms with Crippen LogP contribution in [0, 0.1) is 5.82 Å². The van der Waals surface area contributed by atoms with Gasteiger partial charge in [0.1, 0.15) is 16.3 Å². The van der Waals surface area contributed by atoms with E-state index in [0.29, 0.717) is 6.42 Å². The highest BCUT2D eigenvalue weighted by Gasteiger charge is 2.27. The molecule has 2 aromatic carbocycles. The van der Waals surface area contributed by atoms with E-state index in [2.05, 4.69) is 20.1 Å². The summed E-state index contributed by atoms with van der Waals surface area (Å²) >= 11 is 1.60. The number of para-hydroxylation sites is 2. The second kappa shape index (κ2) is 7.31. The Morgan fingerprint density at radius 3 is 2.82 bits per heavy atom. The van der Waals surface area contributed by atoms with Gasteiger partial charge in [-0.05, 0) is 42.7 Å². The zero-order valence-electron chi connectivity index (χ0n) is 15.2. The number of anilines is 1. The lowest BCUT2D eigenvalue weighted by molar-refractivity contribution is 0.413. The molecule has 0 saturated carbocycles. The van der Waals surface area contributed by atoms with Crippen LogP contribution in [0.2, 0.25) is 0 Å². The maximum Gasteiger partial charge on any atom is 0.208 e. The number of fused-ring (bicyclic) bond motifs is 1. The Hall–Kier alpha value is -2.80. The second-order valence-corrected chi connectivity index (χ2v) is 8.13. The standard InChI is InChI=1S/C21H19FN4OS/c22-16-9-7-14(8-10-16)12-19-24-25-21(28-19)26-11-3-4-15(13-26)20-23-17-5-1-2-6-18(17)27-20/h1-2,5-10,15H,3-4,11-13H2. The fraction of sp³-hybridized carbons (Fsp3) is 0.286. The Labute approximate surface area is 165 Å². The molecule has 142 valence electrons. The third-order valence-corrected chi connectivity index (χ3v) is 6.06. The van der Waals surface area contributed by atoms with Gasteiger partial charge in [-0.3, -0.25) is 0 Å². The smallest absolute Gasteiger partial charge is 0.208 e. The molecule has 0 aliphatic carbocycles. The van der Waals surface area contributed by atoms with E-state index in [1.807, 2.05) is 24.3 Å². The number of halogens is 1. The van der Waals surface area contributed by atoms with Crippen molar-refractivity contribution < 1.29 is 8.81 Å². The highest BCUT2D eigenvalue weighted by Crippen LogP contribution is 2.32. The van der Waals surface area contributed by atoms with Crippen LogP contribution in [0.3, 0.4) is 0 Å². The summed E-state index contributed by atoms with van der Waals surface area (Å²) in [7, 11) is 0. The van der Waals surface area contributed by atoms with Crippen molar-refractivity contribution in [2.45, 2.75) is 25.2 Å². The summed E-state index contributed by atoms with van der Waals surface area (Å²) in [5.74, 6) is 0.841. The molecule has 0 amide bonds. The van der Waals surface area contributed by atoms with Crippen molar-refractivity contribution in [1.82, 2.24) is 15.2 Å². The SMILES string of the molecule is Fc1ccc(Cc2nnc(N3CCCC(c4nc5ccccc5o4)C3)s2)cc1. The molecule has 5 rings (SSSR count). The zero-order valence-corrected chi connectivity index (χ0v) is 16.0.